The zero-order valence-corrected chi connectivity index (χ0v) is 18.9. The summed E-state index contributed by atoms with van der Waals surface area (Å²) in [6.07, 6.45) is 6.56. The average molecular weight is 446 g/mol. The average Bonchev–Trinajstić information content (AvgIpc) is 2.78. The second-order valence-electron chi connectivity index (χ2n) is 9.38. The van der Waals surface area contributed by atoms with Crippen LogP contribution in [0.2, 0.25) is 0 Å². The number of carbonyl (C=O) groups excluding carboxylic acids is 3. The van der Waals surface area contributed by atoms with Gasteiger partial charge in [-0.2, -0.15) is 0 Å². The monoisotopic (exact) mass is 445 g/mol. The number of methoxy groups -OCH3 is 3. The lowest BCUT2D eigenvalue weighted by atomic mass is 9.48. The minimum atomic E-state index is -0.635. The Morgan fingerprint density at radius 2 is 1.44 bits per heavy atom. The number of ketones is 1. The van der Waals surface area contributed by atoms with E-state index in [9.17, 15) is 14.4 Å². The molecule has 0 heterocycles. The van der Waals surface area contributed by atoms with Crippen LogP contribution in [-0.2, 0) is 14.3 Å². The molecular formula is C24H31NO7. The number of esters is 1. The fourth-order valence-corrected chi connectivity index (χ4v) is 6.27. The SMILES string of the molecule is COc1cc(C(=O)NCC(=O)OCC(=O)C23CC4CC(CC(C4)C2)C3)cc(OC)c1OC. The summed E-state index contributed by atoms with van der Waals surface area (Å²) < 4.78 is 21.0. The lowest BCUT2D eigenvalue weighted by molar-refractivity contribution is -0.157. The van der Waals surface area contributed by atoms with Gasteiger partial charge in [-0.25, -0.2) is 0 Å². The summed E-state index contributed by atoms with van der Waals surface area (Å²) in [6.45, 7) is -0.547. The Bertz CT molecular complexity index is 849. The van der Waals surface area contributed by atoms with E-state index in [4.69, 9.17) is 18.9 Å². The molecule has 8 heteroatoms. The summed E-state index contributed by atoms with van der Waals surface area (Å²) in [5, 5.41) is 2.52. The summed E-state index contributed by atoms with van der Waals surface area (Å²) in [6, 6.07) is 3.00. The molecule has 32 heavy (non-hydrogen) atoms. The molecular weight excluding hydrogens is 414 g/mol. The summed E-state index contributed by atoms with van der Waals surface area (Å²) in [5.41, 5.74) is -0.0500. The molecule has 1 N–H and O–H groups in total. The first-order valence-corrected chi connectivity index (χ1v) is 11.1. The molecule has 0 spiro atoms. The fraction of sp³-hybridized carbons (Fsp3) is 0.625. The zero-order valence-electron chi connectivity index (χ0n) is 18.9. The Labute approximate surface area is 187 Å². The minimum absolute atomic E-state index is 0.0425. The second kappa shape index (κ2) is 9.00. The highest BCUT2D eigenvalue weighted by Gasteiger charge is 2.54. The van der Waals surface area contributed by atoms with Crippen LogP contribution in [0.4, 0.5) is 0 Å². The summed E-state index contributed by atoms with van der Waals surface area (Å²) >= 11 is 0. The molecule has 1 aromatic carbocycles. The molecule has 4 aliphatic carbocycles. The summed E-state index contributed by atoms with van der Waals surface area (Å²) in [4.78, 5) is 37.7. The minimum Gasteiger partial charge on any atom is -0.493 e. The molecule has 4 fully saturated rings. The van der Waals surface area contributed by atoms with Crippen molar-refractivity contribution in [3.8, 4) is 17.2 Å². The number of benzene rings is 1. The lowest BCUT2D eigenvalue weighted by Gasteiger charge is -2.55. The van der Waals surface area contributed by atoms with Crippen LogP contribution in [0.3, 0.4) is 0 Å². The summed E-state index contributed by atoms with van der Waals surface area (Å²) in [7, 11) is 4.38. The molecule has 0 saturated heterocycles. The third-order valence-electron chi connectivity index (χ3n) is 7.31. The molecule has 0 unspecified atom stereocenters. The van der Waals surface area contributed by atoms with E-state index in [1.54, 1.807) is 0 Å². The third kappa shape index (κ3) is 4.27. The number of nitrogens with one attached hydrogen (secondary N) is 1. The van der Waals surface area contributed by atoms with Crippen molar-refractivity contribution in [1.82, 2.24) is 5.32 Å². The van der Waals surface area contributed by atoms with Gasteiger partial charge in [0.15, 0.2) is 23.9 Å². The van der Waals surface area contributed by atoms with Gasteiger partial charge < -0.3 is 24.3 Å². The van der Waals surface area contributed by atoms with E-state index in [-0.39, 0.29) is 29.9 Å². The lowest BCUT2D eigenvalue weighted by Crippen LogP contribution is -2.51. The maximum Gasteiger partial charge on any atom is 0.325 e. The van der Waals surface area contributed by atoms with Crippen molar-refractivity contribution in [3.05, 3.63) is 17.7 Å². The van der Waals surface area contributed by atoms with Crippen LogP contribution in [0.15, 0.2) is 12.1 Å². The third-order valence-corrected chi connectivity index (χ3v) is 7.31. The van der Waals surface area contributed by atoms with Crippen molar-refractivity contribution in [2.75, 3.05) is 34.5 Å². The molecule has 5 rings (SSSR count). The first-order valence-electron chi connectivity index (χ1n) is 11.1. The molecule has 0 aromatic heterocycles. The van der Waals surface area contributed by atoms with Crippen LogP contribution in [-0.4, -0.2) is 52.1 Å². The van der Waals surface area contributed by atoms with Gasteiger partial charge in [0.1, 0.15) is 6.54 Å². The van der Waals surface area contributed by atoms with E-state index in [0.717, 1.165) is 19.3 Å². The molecule has 4 aliphatic rings. The molecule has 1 aromatic rings. The van der Waals surface area contributed by atoms with E-state index in [2.05, 4.69) is 5.32 Å². The van der Waals surface area contributed by atoms with Crippen LogP contribution >= 0.6 is 0 Å². The van der Waals surface area contributed by atoms with Gasteiger partial charge in [-0.15, -0.1) is 0 Å². The Hall–Kier alpha value is -2.77. The normalized spacial score (nSPS) is 27.5. The van der Waals surface area contributed by atoms with Gasteiger partial charge in [0, 0.05) is 11.0 Å². The first-order chi connectivity index (χ1) is 15.4. The van der Waals surface area contributed by atoms with Gasteiger partial charge in [0.05, 0.1) is 21.3 Å². The highest BCUT2D eigenvalue weighted by molar-refractivity contribution is 5.97. The predicted octanol–water partition coefficient (Wildman–Crippen LogP) is 2.77. The molecule has 4 bridgehead atoms. The van der Waals surface area contributed by atoms with Gasteiger partial charge in [0.2, 0.25) is 5.75 Å². The van der Waals surface area contributed by atoms with Crippen LogP contribution in [0.5, 0.6) is 17.2 Å². The molecule has 174 valence electrons. The van der Waals surface area contributed by atoms with Gasteiger partial charge in [-0.05, 0) is 68.4 Å². The Kier molecular flexibility index (Phi) is 6.31. The van der Waals surface area contributed by atoms with Crippen LogP contribution in [0, 0.1) is 23.2 Å². The molecule has 0 atom stereocenters. The quantitative estimate of drug-likeness (QED) is 0.584. The van der Waals surface area contributed by atoms with Gasteiger partial charge in [-0.3, -0.25) is 14.4 Å². The number of hydrogen-bond acceptors (Lipinski definition) is 7. The van der Waals surface area contributed by atoms with Crippen LogP contribution < -0.4 is 19.5 Å². The molecule has 1 amide bonds. The van der Waals surface area contributed by atoms with E-state index in [1.807, 2.05) is 0 Å². The molecule has 0 aliphatic heterocycles. The molecule has 4 saturated carbocycles. The van der Waals surface area contributed by atoms with Gasteiger partial charge in [0.25, 0.3) is 5.91 Å². The Morgan fingerprint density at radius 1 is 0.906 bits per heavy atom. The van der Waals surface area contributed by atoms with E-state index in [0.29, 0.717) is 35.0 Å². The van der Waals surface area contributed by atoms with Gasteiger partial charge >= 0.3 is 5.97 Å². The number of amides is 1. The number of carbonyl (C=O) groups is 3. The van der Waals surface area contributed by atoms with Crippen molar-refractivity contribution in [1.29, 1.82) is 0 Å². The topological polar surface area (TPSA) is 100 Å². The van der Waals surface area contributed by atoms with Crippen molar-refractivity contribution in [3.63, 3.8) is 0 Å². The highest BCUT2D eigenvalue weighted by atomic mass is 16.5. The molecule has 0 radical (unpaired) electrons. The smallest absolute Gasteiger partial charge is 0.325 e. The first kappa shape index (κ1) is 22.4. The van der Waals surface area contributed by atoms with Crippen molar-refractivity contribution in [2.45, 2.75) is 38.5 Å². The van der Waals surface area contributed by atoms with Crippen LogP contribution in [0.25, 0.3) is 0 Å². The maximum atomic E-state index is 13.0. The maximum absolute atomic E-state index is 13.0. The Balaban J connectivity index is 1.30. The van der Waals surface area contributed by atoms with Crippen molar-refractivity contribution >= 4 is 17.7 Å². The second-order valence-corrected chi connectivity index (χ2v) is 9.38. The Morgan fingerprint density at radius 3 is 1.91 bits per heavy atom. The largest absolute Gasteiger partial charge is 0.493 e. The summed E-state index contributed by atoms with van der Waals surface area (Å²) in [5.74, 6) is 1.91. The van der Waals surface area contributed by atoms with E-state index < -0.39 is 11.9 Å². The van der Waals surface area contributed by atoms with E-state index in [1.165, 1.54) is 52.7 Å². The highest BCUT2D eigenvalue weighted by Crippen LogP contribution is 2.60. The van der Waals surface area contributed by atoms with Crippen molar-refractivity contribution in [2.24, 2.45) is 23.2 Å². The number of rotatable bonds is 9. The van der Waals surface area contributed by atoms with Gasteiger partial charge in [-0.1, -0.05) is 0 Å². The van der Waals surface area contributed by atoms with Crippen LogP contribution in [0.1, 0.15) is 48.9 Å². The number of Topliss-reactive ketones (excluding diaryl/α,β-unsaturated/α-hetero) is 1. The van der Waals surface area contributed by atoms with E-state index >= 15 is 0 Å². The standard InChI is InChI=1S/C24H31NO7/c1-29-18-7-17(8-19(30-2)22(18)31-3)23(28)25-12-21(27)32-13-20(26)24-9-14-4-15(10-24)6-16(5-14)11-24/h7-8,14-16H,4-6,9-13H2,1-3H3,(H,25,28). The fourth-order valence-electron chi connectivity index (χ4n) is 6.27. The van der Waals surface area contributed by atoms with Crippen molar-refractivity contribution < 1.29 is 33.3 Å². The zero-order chi connectivity index (χ0) is 22.9. The predicted molar refractivity (Wildman–Crippen MR) is 115 cm³/mol. The number of hydrogen-bond donors (Lipinski definition) is 1. The molecule has 8 nitrogen and oxygen atoms in total. The number of ether oxygens (including phenoxy) is 4.